The highest BCUT2D eigenvalue weighted by Gasteiger charge is 2.32. The van der Waals surface area contributed by atoms with E-state index in [1.165, 1.54) is 6.08 Å². The predicted molar refractivity (Wildman–Crippen MR) is 48.0 cm³/mol. The van der Waals surface area contributed by atoms with Gasteiger partial charge in [-0.2, -0.15) is 0 Å². The van der Waals surface area contributed by atoms with Crippen molar-refractivity contribution in [2.75, 3.05) is 0 Å². The topological polar surface area (TPSA) is 124 Å². The van der Waals surface area contributed by atoms with Gasteiger partial charge in [-0.3, -0.25) is 4.79 Å². The van der Waals surface area contributed by atoms with E-state index in [-0.39, 0.29) is 6.42 Å². The Labute approximate surface area is 81.3 Å². The van der Waals surface area contributed by atoms with Gasteiger partial charge in [0.05, 0.1) is 6.10 Å². The molecule has 0 aromatic heterocycles. The van der Waals surface area contributed by atoms with Crippen molar-refractivity contribution in [3.63, 3.8) is 0 Å². The summed E-state index contributed by atoms with van der Waals surface area (Å²) in [4.78, 5) is 10.4. The smallest absolute Gasteiger partial charge is 0.249 e. The average Bonchev–Trinajstić information content (AvgIpc) is 2.14. The van der Waals surface area contributed by atoms with E-state index in [4.69, 9.17) is 10.2 Å². The first-order valence-corrected chi connectivity index (χ1v) is 4.04. The van der Waals surface area contributed by atoms with Crippen molar-refractivity contribution < 1.29 is 25.2 Å². The van der Waals surface area contributed by atoms with E-state index >= 15 is 0 Å². The van der Waals surface area contributed by atoms with Crippen LogP contribution < -0.4 is 5.73 Å². The molecule has 0 aliphatic carbocycles. The van der Waals surface area contributed by atoms with Crippen molar-refractivity contribution in [3.8, 4) is 0 Å². The van der Waals surface area contributed by atoms with E-state index in [9.17, 15) is 15.0 Å². The van der Waals surface area contributed by atoms with Crippen LogP contribution in [0.3, 0.4) is 0 Å². The van der Waals surface area contributed by atoms with Gasteiger partial charge in [-0.1, -0.05) is 6.08 Å². The first-order chi connectivity index (χ1) is 6.41. The van der Waals surface area contributed by atoms with Gasteiger partial charge in [0, 0.05) is 0 Å². The number of hydrogen-bond donors (Lipinski definition) is 5. The second-order valence-corrected chi connectivity index (χ2v) is 2.92. The molecule has 0 fully saturated rings. The number of carbonyl (C=O) groups is 1. The number of hydrogen-bond acceptors (Lipinski definition) is 5. The van der Waals surface area contributed by atoms with Gasteiger partial charge in [0.2, 0.25) is 5.91 Å². The van der Waals surface area contributed by atoms with Crippen LogP contribution in [0.15, 0.2) is 12.7 Å². The van der Waals surface area contributed by atoms with Gasteiger partial charge < -0.3 is 26.2 Å². The molecule has 0 aromatic carbocycles. The van der Waals surface area contributed by atoms with E-state index < -0.39 is 30.3 Å². The fraction of sp³-hybridized carbons (Fsp3) is 0.625. The number of carbonyl (C=O) groups excluding carboxylic acids is 1. The summed E-state index contributed by atoms with van der Waals surface area (Å²) >= 11 is 0. The summed E-state index contributed by atoms with van der Waals surface area (Å²) in [5, 5.41) is 36.5. The maximum absolute atomic E-state index is 10.4. The highest BCUT2D eigenvalue weighted by Crippen LogP contribution is 2.07. The Morgan fingerprint density at radius 2 is 1.79 bits per heavy atom. The molecule has 14 heavy (non-hydrogen) atoms. The molecule has 6 heteroatoms. The summed E-state index contributed by atoms with van der Waals surface area (Å²) < 4.78 is 0. The monoisotopic (exact) mass is 205 g/mol. The highest BCUT2D eigenvalue weighted by atomic mass is 16.4. The number of rotatable bonds is 6. The molecule has 0 spiro atoms. The zero-order chi connectivity index (χ0) is 11.3. The number of primary amides is 1. The Bertz CT molecular complexity index is 208. The summed E-state index contributed by atoms with van der Waals surface area (Å²) in [6, 6.07) is 0. The van der Waals surface area contributed by atoms with Crippen molar-refractivity contribution in [2.24, 2.45) is 5.73 Å². The Hall–Kier alpha value is -0.950. The van der Waals surface area contributed by atoms with Crippen molar-refractivity contribution in [1.29, 1.82) is 0 Å². The van der Waals surface area contributed by atoms with E-state index in [0.717, 1.165) is 0 Å². The van der Waals surface area contributed by atoms with Crippen molar-refractivity contribution in [2.45, 2.75) is 30.8 Å². The van der Waals surface area contributed by atoms with Crippen LogP contribution in [-0.2, 0) is 4.79 Å². The lowest BCUT2D eigenvalue weighted by Crippen LogP contribution is -2.49. The van der Waals surface area contributed by atoms with E-state index in [0.29, 0.717) is 0 Å². The van der Waals surface area contributed by atoms with Crippen LogP contribution in [0.2, 0.25) is 0 Å². The van der Waals surface area contributed by atoms with Crippen LogP contribution >= 0.6 is 0 Å². The van der Waals surface area contributed by atoms with Crippen molar-refractivity contribution in [1.82, 2.24) is 0 Å². The zero-order valence-corrected chi connectivity index (χ0v) is 7.58. The maximum Gasteiger partial charge on any atom is 0.249 e. The molecule has 4 atom stereocenters. The van der Waals surface area contributed by atoms with Crippen LogP contribution in [0, 0.1) is 0 Å². The molecule has 0 aromatic rings. The molecule has 0 heterocycles. The average molecular weight is 205 g/mol. The summed E-state index contributed by atoms with van der Waals surface area (Å²) in [6.45, 7) is 3.32. The second-order valence-electron chi connectivity index (χ2n) is 2.92. The van der Waals surface area contributed by atoms with Gasteiger partial charge in [-0.25, -0.2) is 0 Å². The molecule has 0 aliphatic rings. The number of amides is 1. The molecule has 0 radical (unpaired) electrons. The van der Waals surface area contributed by atoms with Gasteiger partial charge in [0.25, 0.3) is 0 Å². The number of aliphatic hydroxyl groups excluding tert-OH is 4. The van der Waals surface area contributed by atoms with Gasteiger partial charge >= 0.3 is 0 Å². The van der Waals surface area contributed by atoms with Crippen LogP contribution in [-0.4, -0.2) is 50.7 Å². The molecular formula is C8H15NO5. The zero-order valence-electron chi connectivity index (χ0n) is 7.58. The van der Waals surface area contributed by atoms with E-state index in [1.54, 1.807) is 0 Å². The van der Waals surface area contributed by atoms with Crippen LogP contribution in [0.5, 0.6) is 0 Å². The lowest BCUT2D eigenvalue weighted by molar-refractivity contribution is -0.143. The van der Waals surface area contributed by atoms with Crippen molar-refractivity contribution >= 4 is 5.91 Å². The van der Waals surface area contributed by atoms with E-state index in [1.807, 2.05) is 0 Å². The quantitative estimate of drug-likeness (QED) is 0.306. The van der Waals surface area contributed by atoms with Crippen molar-refractivity contribution in [3.05, 3.63) is 12.7 Å². The molecule has 6 nitrogen and oxygen atoms in total. The minimum absolute atomic E-state index is 0.0315. The van der Waals surface area contributed by atoms with Crippen LogP contribution in [0.4, 0.5) is 0 Å². The third-order valence-electron chi connectivity index (χ3n) is 1.77. The summed E-state index contributed by atoms with van der Waals surface area (Å²) in [6.07, 6.45) is -5.28. The van der Waals surface area contributed by atoms with E-state index in [2.05, 4.69) is 12.3 Å². The number of nitrogens with two attached hydrogens (primary N) is 1. The standard InChI is InChI=1S/C8H15NO5/c1-2-3-4(10)5(11)6(12)7(13)8(9)14/h2,4-7,10-13H,1,3H2,(H2,9,14). The molecule has 82 valence electrons. The van der Waals surface area contributed by atoms with Gasteiger partial charge in [-0.05, 0) is 6.42 Å². The SMILES string of the molecule is C=CCC(O)C(O)C(O)C(O)C(N)=O. The largest absolute Gasteiger partial charge is 0.390 e. The van der Waals surface area contributed by atoms with Gasteiger partial charge in [0.15, 0.2) is 6.10 Å². The fourth-order valence-electron chi connectivity index (χ4n) is 0.893. The fourth-order valence-corrected chi connectivity index (χ4v) is 0.893. The molecule has 0 aliphatic heterocycles. The Kier molecular flexibility index (Phi) is 5.32. The minimum Gasteiger partial charge on any atom is -0.390 e. The minimum atomic E-state index is -1.90. The summed E-state index contributed by atoms with van der Waals surface area (Å²) in [7, 11) is 0. The predicted octanol–water partition coefficient (Wildman–Crippen LogP) is -2.51. The first-order valence-electron chi connectivity index (χ1n) is 4.04. The highest BCUT2D eigenvalue weighted by molar-refractivity contribution is 5.79. The molecule has 0 saturated heterocycles. The second kappa shape index (κ2) is 5.71. The molecule has 0 rings (SSSR count). The molecule has 6 N–H and O–H groups in total. The van der Waals surface area contributed by atoms with Crippen LogP contribution in [0.1, 0.15) is 6.42 Å². The molecule has 4 unspecified atom stereocenters. The van der Waals surface area contributed by atoms with Crippen LogP contribution in [0.25, 0.3) is 0 Å². The molecule has 0 saturated carbocycles. The number of aliphatic hydroxyl groups is 4. The third kappa shape index (κ3) is 3.43. The molecule has 1 amide bonds. The molecular weight excluding hydrogens is 190 g/mol. The van der Waals surface area contributed by atoms with Gasteiger partial charge in [0.1, 0.15) is 12.2 Å². The first kappa shape index (κ1) is 13.1. The summed E-state index contributed by atoms with van der Waals surface area (Å²) in [5.41, 5.74) is 4.69. The Morgan fingerprint density at radius 1 is 1.29 bits per heavy atom. The third-order valence-corrected chi connectivity index (χ3v) is 1.77. The Balaban J connectivity index is 4.29. The molecule has 0 bridgehead atoms. The lowest BCUT2D eigenvalue weighted by atomic mass is 10.0. The lowest BCUT2D eigenvalue weighted by Gasteiger charge is -2.24. The maximum atomic E-state index is 10.4. The Morgan fingerprint density at radius 3 is 2.14 bits per heavy atom. The summed E-state index contributed by atoms with van der Waals surface area (Å²) in [5.74, 6) is -1.16. The van der Waals surface area contributed by atoms with Gasteiger partial charge in [-0.15, -0.1) is 6.58 Å². The normalized spacial score (nSPS) is 19.4.